The second-order valence-electron chi connectivity index (χ2n) is 5.54. The molecule has 6 nitrogen and oxygen atoms in total. The number of H-pyrrole nitrogens is 2. The summed E-state index contributed by atoms with van der Waals surface area (Å²) in [5.74, 6) is -0.714. The van der Waals surface area contributed by atoms with Crippen molar-refractivity contribution in [2.24, 2.45) is 0 Å². The number of nitrogens with one attached hydrogen (secondary N) is 3. The summed E-state index contributed by atoms with van der Waals surface area (Å²) < 4.78 is 5.39. The van der Waals surface area contributed by atoms with Crippen molar-refractivity contribution < 1.29 is 9.53 Å². The van der Waals surface area contributed by atoms with Gasteiger partial charge in [0.15, 0.2) is 4.77 Å². The van der Waals surface area contributed by atoms with E-state index in [1.54, 1.807) is 38.1 Å². The van der Waals surface area contributed by atoms with Crippen molar-refractivity contribution in [1.82, 2.24) is 9.97 Å². The molecule has 8 heteroatoms. The summed E-state index contributed by atoms with van der Waals surface area (Å²) in [5, 5.41) is 3.50. The van der Waals surface area contributed by atoms with Crippen LogP contribution >= 0.6 is 23.8 Å². The van der Waals surface area contributed by atoms with Crippen molar-refractivity contribution in [3.05, 3.63) is 66.8 Å². The van der Waals surface area contributed by atoms with E-state index < -0.39 is 11.9 Å². The molecule has 0 saturated heterocycles. The Morgan fingerprint density at radius 1 is 1.32 bits per heavy atom. The number of aromatic nitrogens is 2. The molecule has 0 bridgehead atoms. The summed E-state index contributed by atoms with van der Waals surface area (Å²) >= 11 is 11.4. The number of hydrogen-bond acceptors (Lipinski definition) is 5. The Labute approximate surface area is 153 Å². The standard InChI is InChI=1S/C17H16ClN3O3S/c1-3-24-16(23)11-8(2)19-14-13(15(22)21-17(25)20-14)12(11)9-6-4-5-7-10(9)18/h4-7,12H,3H2,1-2H3,(H3,19,20,21,22,25). The fourth-order valence-corrected chi connectivity index (χ4v) is 3.43. The highest BCUT2D eigenvalue weighted by atomic mass is 35.5. The molecular weight excluding hydrogens is 362 g/mol. The van der Waals surface area contributed by atoms with Crippen LogP contribution in [0.15, 0.2) is 40.3 Å². The van der Waals surface area contributed by atoms with Gasteiger partial charge in [-0.3, -0.25) is 9.78 Å². The number of ether oxygens (including phenoxy) is 1. The van der Waals surface area contributed by atoms with Gasteiger partial charge in [0.05, 0.1) is 23.7 Å². The second-order valence-corrected chi connectivity index (χ2v) is 6.35. The molecular formula is C17H16ClN3O3S. The Kier molecular flexibility index (Phi) is 4.78. The van der Waals surface area contributed by atoms with Gasteiger partial charge in [0, 0.05) is 10.7 Å². The van der Waals surface area contributed by atoms with E-state index in [4.69, 9.17) is 28.6 Å². The van der Waals surface area contributed by atoms with Gasteiger partial charge in [0.2, 0.25) is 0 Å². The molecule has 1 aliphatic rings. The Morgan fingerprint density at radius 2 is 2.04 bits per heavy atom. The lowest BCUT2D eigenvalue weighted by Crippen LogP contribution is -2.31. The Bertz CT molecular complexity index is 993. The van der Waals surface area contributed by atoms with Crippen LogP contribution in [0.5, 0.6) is 0 Å². The van der Waals surface area contributed by atoms with Crippen molar-refractivity contribution >= 4 is 35.6 Å². The van der Waals surface area contributed by atoms with Crippen molar-refractivity contribution in [3.8, 4) is 0 Å². The number of esters is 1. The fraction of sp³-hybridized carbons (Fsp3) is 0.235. The molecule has 2 aromatic rings. The van der Waals surface area contributed by atoms with Crippen LogP contribution in [0.4, 0.5) is 5.82 Å². The number of carbonyl (C=O) groups excluding carboxylic acids is 1. The van der Waals surface area contributed by atoms with Gasteiger partial charge in [-0.15, -0.1) is 0 Å². The first-order valence-electron chi connectivity index (χ1n) is 7.69. The molecule has 0 saturated carbocycles. The monoisotopic (exact) mass is 377 g/mol. The molecule has 0 radical (unpaired) electrons. The zero-order valence-corrected chi connectivity index (χ0v) is 15.2. The van der Waals surface area contributed by atoms with Crippen LogP contribution in [0.2, 0.25) is 5.02 Å². The van der Waals surface area contributed by atoms with Gasteiger partial charge in [0.1, 0.15) is 5.82 Å². The Balaban J connectivity index is 2.32. The third-order valence-corrected chi connectivity index (χ3v) is 4.53. The van der Waals surface area contributed by atoms with Crippen LogP contribution in [0.25, 0.3) is 0 Å². The smallest absolute Gasteiger partial charge is 0.336 e. The number of allylic oxidation sites excluding steroid dienone is 1. The molecule has 1 aliphatic heterocycles. The number of fused-ring (bicyclic) bond motifs is 1. The topological polar surface area (TPSA) is 87.0 Å². The van der Waals surface area contributed by atoms with E-state index in [1.165, 1.54) is 0 Å². The van der Waals surface area contributed by atoms with E-state index in [-0.39, 0.29) is 16.9 Å². The third-order valence-electron chi connectivity index (χ3n) is 3.98. The van der Waals surface area contributed by atoms with Crippen LogP contribution in [0, 0.1) is 4.77 Å². The maximum Gasteiger partial charge on any atom is 0.336 e. The summed E-state index contributed by atoms with van der Waals surface area (Å²) in [6, 6.07) is 7.10. The summed E-state index contributed by atoms with van der Waals surface area (Å²) in [4.78, 5) is 30.7. The first-order chi connectivity index (χ1) is 11.9. The molecule has 0 spiro atoms. The molecule has 25 heavy (non-hydrogen) atoms. The molecule has 2 heterocycles. The van der Waals surface area contributed by atoms with Gasteiger partial charge < -0.3 is 15.0 Å². The number of aromatic amines is 2. The molecule has 1 aromatic heterocycles. The minimum atomic E-state index is -0.667. The number of benzene rings is 1. The molecule has 130 valence electrons. The van der Waals surface area contributed by atoms with Gasteiger partial charge >= 0.3 is 5.97 Å². The predicted octanol–water partition coefficient (Wildman–Crippen LogP) is 3.48. The number of carbonyl (C=O) groups is 1. The number of rotatable bonds is 3. The van der Waals surface area contributed by atoms with E-state index in [0.717, 1.165) is 0 Å². The van der Waals surface area contributed by atoms with E-state index in [9.17, 15) is 9.59 Å². The highest BCUT2D eigenvalue weighted by molar-refractivity contribution is 7.71. The maximum atomic E-state index is 12.6. The first-order valence-corrected chi connectivity index (χ1v) is 8.48. The second kappa shape index (κ2) is 6.85. The lowest BCUT2D eigenvalue weighted by Gasteiger charge is -2.29. The lowest BCUT2D eigenvalue weighted by atomic mass is 9.82. The number of halogens is 1. The van der Waals surface area contributed by atoms with Gasteiger partial charge in [-0.25, -0.2) is 4.79 Å². The van der Waals surface area contributed by atoms with Gasteiger partial charge in [-0.2, -0.15) is 0 Å². The van der Waals surface area contributed by atoms with Gasteiger partial charge in [0.25, 0.3) is 5.56 Å². The van der Waals surface area contributed by atoms with E-state index in [0.29, 0.717) is 33.2 Å². The van der Waals surface area contributed by atoms with Crippen molar-refractivity contribution in [2.45, 2.75) is 19.8 Å². The first kappa shape index (κ1) is 17.4. The van der Waals surface area contributed by atoms with Crippen molar-refractivity contribution in [3.63, 3.8) is 0 Å². The summed E-state index contributed by atoms with van der Waals surface area (Å²) in [6.45, 7) is 3.70. The Morgan fingerprint density at radius 3 is 2.72 bits per heavy atom. The third kappa shape index (κ3) is 3.12. The zero-order valence-electron chi connectivity index (χ0n) is 13.6. The van der Waals surface area contributed by atoms with Crippen LogP contribution in [0.1, 0.15) is 30.9 Å². The van der Waals surface area contributed by atoms with E-state index in [2.05, 4.69) is 15.3 Å². The number of anilines is 1. The quantitative estimate of drug-likeness (QED) is 0.563. The molecule has 0 aliphatic carbocycles. The van der Waals surface area contributed by atoms with E-state index >= 15 is 0 Å². The Hall–Kier alpha value is -2.38. The van der Waals surface area contributed by atoms with Crippen LogP contribution < -0.4 is 10.9 Å². The molecule has 1 aromatic carbocycles. The normalized spacial score (nSPS) is 16.2. The maximum absolute atomic E-state index is 12.6. The minimum absolute atomic E-state index is 0.196. The largest absolute Gasteiger partial charge is 0.463 e. The lowest BCUT2D eigenvalue weighted by molar-refractivity contribution is -0.138. The minimum Gasteiger partial charge on any atom is -0.463 e. The molecule has 0 fully saturated rings. The highest BCUT2D eigenvalue weighted by Gasteiger charge is 2.36. The van der Waals surface area contributed by atoms with Crippen molar-refractivity contribution in [1.29, 1.82) is 0 Å². The van der Waals surface area contributed by atoms with Crippen LogP contribution in [-0.2, 0) is 9.53 Å². The molecule has 1 atom stereocenters. The molecule has 1 unspecified atom stereocenters. The summed E-state index contributed by atoms with van der Waals surface area (Å²) in [7, 11) is 0. The fourth-order valence-electron chi connectivity index (χ4n) is 2.99. The van der Waals surface area contributed by atoms with Crippen molar-refractivity contribution in [2.75, 3.05) is 11.9 Å². The average Bonchev–Trinajstić information content (AvgIpc) is 2.53. The summed E-state index contributed by atoms with van der Waals surface area (Å²) in [6.07, 6.45) is 0. The molecule has 3 N–H and O–H groups in total. The average molecular weight is 378 g/mol. The number of hydrogen-bond donors (Lipinski definition) is 3. The zero-order chi connectivity index (χ0) is 18.1. The van der Waals surface area contributed by atoms with Gasteiger partial charge in [-0.05, 0) is 37.7 Å². The van der Waals surface area contributed by atoms with Crippen LogP contribution in [0.3, 0.4) is 0 Å². The summed E-state index contributed by atoms with van der Waals surface area (Å²) in [5.41, 5.74) is 1.52. The SMILES string of the molecule is CCOC(=O)C1=C(C)Nc2[nH]c(=S)[nH]c(=O)c2C1c1ccccc1Cl. The predicted molar refractivity (Wildman–Crippen MR) is 98.5 cm³/mol. The molecule has 0 amide bonds. The molecule has 3 rings (SSSR count). The van der Waals surface area contributed by atoms with Crippen LogP contribution in [-0.4, -0.2) is 22.5 Å². The van der Waals surface area contributed by atoms with E-state index in [1.807, 2.05) is 0 Å². The highest BCUT2D eigenvalue weighted by Crippen LogP contribution is 2.41. The van der Waals surface area contributed by atoms with Gasteiger partial charge in [-0.1, -0.05) is 29.8 Å².